The molecule has 0 fully saturated rings. The van der Waals surface area contributed by atoms with Crippen molar-refractivity contribution in [3.8, 4) is 6.07 Å². The average Bonchev–Trinajstić information content (AvgIpc) is 2.40. The Balaban J connectivity index is 2.26. The van der Waals surface area contributed by atoms with Crippen LogP contribution in [-0.2, 0) is 16.6 Å². The van der Waals surface area contributed by atoms with Gasteiger partial charge in [-0.1, -0.05) is 6.07 Å². The first-order valence-corrected chi connectivity index (χ1v) is 7.74. The smallest absolute Gasteiger partial charge is 0.140 e. The summed E-state index contributed by atoms with van der Waals surface area (Å²) in [6.45, 7) is 0. The molecule has 0 heterocycles. The average molecular weight is 353 g/mol. The number of anilines is 1. The monoisotopic (exact) mass is 352 g/mol. The highest BCUT2D eigenvalue weighted by Crippen LogP contribution is 2.25. The zero-order chi connectivity index (χ0) is 14.7. The third kappa shape index (κ3) is 3.24. The van der Waals surface area contributed by atoms with E-state index in [-0.39, 0.29) is 11.3 Å². The normalized spacial score (nSPS) is 11.8. The lowest BCUT2D eigenvalue weighted by molar-refractivity contribution is 0.623. The molecular formula is C14H10BrFN2OS. The van der Waals surface area contributed by atoms with Gasteiger partial charge in [-0.2, -0.15) is 5.26 Å². The summed E-state index contributed by atoms with van der Waals surface area (Å²) in [6, 6.07) is 11.0. The molecule has 1 atom stereocenters. The van der Waals surface area contributed by atoms with Gasteiger partial charge in [0.15, 0.2) is 0 Å². The van der Waals surface area contributed by atoms with Crippen molar-refractivity contribution in [2.75, 3.05) is 5.73 Å². The molecule has 1 unspecified atom stereocenters. The standard InChI is InChI=1S/C14H10BrFN2OS/c15-12-6-11(18)2-4-14(12)20(19)8-9-1-3-13(16)10(5-9)7-17/h1-6H,8,18H2. The quantitative estimate of drug-likeness (QED) is 0.861. The summed E-state index contributed by atoms with van der Waals surface area (Å²) in [5.41, 5.74) is 6.80. The fraction of sp³-hybridized carbons (Fsp3) is 0.0714. The van der Waals surface area contributed by atoms with Crippen LogP contribution in [0.4, 0.5) is 10.1 Å². The minimum atomic E-state index is -1.31. The molecule has 0 amide bonds. The highest BCUT2D eigenvalue weighted by molar-refractivity contribution is 9.10. The number of benzene rings is 2. The molecule has 0 saturated heterocycles. The zero-order valence-electron chi connectivity index (χ0n) is 10.3. The summed E-state index contributed by atoms with van der Waals surface area (Å²) < 4.78 is 26.2. The van der Waals surface area contributed by atoms with E-state index in [0.717, 1.165) is 0 Å². The van der Waals surface area contributed by atoms with Gasteiger partial charge in [0.25, 0.3) is 0 Å². The van der Waals surface area contributed by atoms with Gasteiger partial charge < -0.3 is 5.73 Å². The summed E-state index contributed by atoms with van der Waals surface area (Å²) in [7, 11) is -1.31. The van der Waals surface area contributed by atoms with Crippen molar-refractivity contribution >= 4 is 32.4 Å². The van der Waals surface area contributed by atoms with Gasteiger partial charge in [-0.05, 0) is 51.8 Å². The Morgan fingerprint density at radius 1 is 1.30 bits per heavy atom. The fourth-order valence-corrected chi connectivity index (χ4v) is 3.75. The number of nitriles is 1. The minimum absolute atomic E-state index is 0.0455. The van der Waals surface area contributed by atoms with Crippen LogP contribution >= 0.6 is 15.9 Å². The minimum Gasteiger partial charge on any atom is -0.399 e. The summed E-state index contributed by atoms with van der Waals surface area (Å²) in [4.78, 5) is 0.613. The zero-order valence-corrected chi connectivity index (χ0v) is 12.7. The molecule has 2 rings (SSSR count). The van der Waals surface area contributed by atoms with E-state index < -0.39 is 16.6 Å². The molecule has 0 aromatic heterocycles. The molecule has 2 aromatic rings. The second kappa shape index (κ2) is 6.16. The van der Waals surface area contributed by atoms with Crippen LogP contribution in [0.3, 0.4) is 0 Å². The Kier molecular flexibility index (Phi) is 4.53. The van der Waals surface area contributed by atoms with Crippen molar-refractivity contribution in [1.29, 1.82) is 5.26 Å². The van der Waals surface area contributed by atoms with Crippen molar-refractivity contribution in [1.82, 2.24) is 0 Å². The van der Waals surface area contributed by atoms with Gasteiger partial charge in [0.05, 0.1) is 27.0 Å². The largest absolute Gasteiger partial charge is 0.399 e. The van der Waals surface area contributed by atoms with Crippen LogP contribution in [0.2, 0.25) is 0 Å². The van der Waals surface area contributed by atoms with Crippen molar-refractivity contribution in [3.05, 3.63) is 57.8 Å². The Hall–Kier alpha value is -1.71. The van der Waals surface area contributed by atoms with Crippen LogP contribution < -0.4 is 5.73 Å². The Labute approximate surface area is 126 Å². The number of nitrogens with zero attached hydrogens (tertiary/aromatic N) is 1. The van der Waals surface area contributed by atoms with Gasteiger partial charge >= 0.3 is 0 Å². The SMILES string of the molecule is N#Cc1cc(CS(=O)c2ccc(N)cc2Br)ccc1F. The number of nitrogen functional groups attached to an aromatic ring is 1. The van der Waals surface area contributed by atoms with Gasteiger partial charge in [0.2, 0.25) is 0 Å². The van der Waals surface area contributed by atoms with Crippen LogP contribution in [0, 0.1) is 17.1 Å². The van der Waals surface area contributed by atoms with E-state index in [0.29, 0.717) is 20.6 Å². The second-order valence-electron chi connectivity index (χ2n) is 4.11. The fourth-order valence-electron chi connectivity index (χ4n) is 1.68. The van der Waals surface area contributed by atoms with E-state index in [2.05, 4.69) is 15.9 Å². The van der Waals surface area contributed by atoms with Gasteiger partial charge in [0.1, 0.15) is 11.9 Å². The van der Waals surface area contributed by atoms with E-state index in [1.807, 2.05) is 0 Å². The maximum Gasteiger partial charge on any atom is 0.140 e. The van der Waals surface area contributed by atoms with Gasteiger partial charge in [-0.3, -0.25) is 4.21 Å². The van der Waals surface area contributed by atoms with E-state index in [9.17, 15) is 8.60 Å². The van der Waals surface area contributed by atoms with Crippen molar-refractivity contribution in [2.24, 2.45) is 0 Å². The number of rotatable bonds is 3. The maximum absolute atomic E-state index is 13.2. The molecule has 2 aromatic carbocycles. The third-order valence-corrected chi connectivity index (χ3v) is 5.01. The molecule has 0 radical (unpaired) electrons. The summed E-state index contributed by atoms with van der Waals surface area (Å²) in [5, 5.41) is 8.78. The van der Waals surface area contributed by atoms with Crippen LogP contribution in [-0.4, -0.2) is 4.21 Å². The third-order valence-electron chi connectivity index (χ3n) is 2.65. The number of hydrogen-bond acceptors (Lipinski definition) is 3. The maximum atomic E-state index is 13.2. The van der Waals surface area contributed by atoms with Crippen LogP contribution in [0.25, 0.3) is 0 Å². The van der Waals surface area contributed by atoms with Gasteiger partial charge in [-0.15, -0.1) is 0 Å². The molecule has 0 saturated carbocycles. The van der Waals surface area contributed by atoms with Crippen molar-refractivity contribution in [2.45, 2.75) is 10.6 Å². The second-order valence-corrected chi connectivity index (χ2v) is 6.38. The molecule has 102 valence electrons. The Bertz CT molecular complexity index is 728. The van der Waals surface area contributed by atoms with Crippen LogP contribution in [0.5, 0.6) is 0 Å². The van der Waals surface area contributed by atoms with Crippen molar-refractivity contribution < 1.29 is 8.60 Å². The first-order valence-electron chi connectivity index (χ1n) is 5.63. The predicted octanol–water partition coefficient (Wildman–Crippen LogP) is 3.35. The topological polar surface area (TPSA) is 66.9 Å². The molecular weight excluding hydrogens is 343 g/mol. The molecule has 0 spiro atoms. The van der Waals surface area contributed by atoms with Gasteiger partial charge in [-0.25, -0.2) is 4.39 Å². The first kappa shape index (κ1) is 14.7. The Morgan fingerprint density at radius 2 is 2.05 bits per heavy atom. The van der Waals surface area contributed by atoms with E-state index in [4.69, 9.17) is 11.0 Å². The number of hydrogen-bond donors (Lipinski definition) is 1. The molecule has 3 nitrogen and oxygen atoms in total. The molecule has 0 aliphatic heterocycles. The lowest BCUT2D eigenvalue weighted by Gasteiger charge is -2.06. The van der Waals surface area contributed by atoms with Crippen LogP contribution in [0.15, 0.2) is 45.8 Å². The first-order chi connectivity index (χ1) is 9.51. The van der Waals surface area contributed by atoms with Crippen LogP contribution in [0.1, 0.15) is 11.1 Å². The molecule has 0 bridgehead atoms. The molecule has 6 heteroatoms. The van der Waals surface area contributed by atoms with E-state index in [1.54, 1.807) is 24.3 Å². The number of nitrogens with two attached hydrogens (primary N) is 1. The highest BCUT2D eigenvalue weighted by atomic mass is 79.9. The summed E-state index contributed by atoms with van der Waals surface area (Å²) in [5.74, 6) is -0.368. The Morgan fingerprint density at radius 3 is 2.70 bits per heavy atom. The lowest BCUT2D eigenvalue weighted by Crippen LogP contribution is -1.99. The molecule has 20 heavy (non-hydrogen) atoms. The van der Waals surface area contributed by atoms with E-state index in [1.165, 1.54) is 18.2 Å². The predicted molar refractivity (Wildman–Crippen MR) is 79.8 cm³/mol. The lowest BCUT2D eigenvalue weighted by atomic mass is 10.1. The molecule has 0 aliphatic carbocycles. The summed E-state index contributed by atoms with van der Waals surface area (Å²) in [6.07, 6.45) is 0. The number of halogens is 2. The van der Waals surface area contributed by atoms with E-state index >= 15 is 0 Å². The molecule has 2 N–H and O–H groups in total. The summed E-state index contributed by atoms with van der Waals surface area (Å²) >= 11 is 3.32. The highest BCUT2D eigenvalue weighted by Gasteiger charge is 2.11. The van der Waals surface area contributed by atoms with Crippen molar-refractivity contribution in [3.63, 3.8) is 0 Å². The van der Waals surface area contributed by atoms with Gasteiger partial charge in [0, 0.05) is 10.2 Å². The molecule has 0 aliphatic rings.